The molecule has 1 aliphatic heterocycles. The lowest BCUT2D eigenvalue weighted by Gasteiger charge is -2.35. The van der Waals surface area contributed by atoms with Crippen molar-refractivity contribution in [3.05, 3.63) is 36.4 Å². The van der Waals surface area contributed by atoms with Crippen molar-refractivity contribution in [2.75, 3.05) is 25.5 Å². The molecule has 2 aromatic heterocycles. The number of rotatable bonds is 6. The Morgan fingerprint density at radius 3 is 2.74 bits per heavy atom. The molecule has 0 spiro atoms. The van der Waals surface area contributed by atoms with Crippen LogP contribution in [0, 0.1) is 0 Å². The quantitative estimate of drug-likeness (QED) is 0.818. The minimum Gasteiger partial charge on any atom is -0.347 e. The van der Waals surface area contributed by atoms with Crippen molar-refractivity contribution in [1.29, 1.82) is 0 Å². The average molecular weight is 314 g/mol. The third kappa shape index (κ3) is 4.28. The van der Waals surface area contributed by atoms with Gasteiger partial charge in [0.1, 0.15) is 0 Å². The first-order valence-electron chi connectivity index (χ1n) is 8.42. The fourth-order valence-corrected chi connectivity index (χ4v) is 3.20. The van der Waals surface area contributed by atoms with Crippen molar-refractivity contribution >= 4 is 5.95 Å². The molecule has 1 fully saturated rings. The molecule has 2 aromatic rings. The van der Waals surface area contributed by atoms with E-state index in [1.807, 2.05) is 54.5 Å². The van der Waals surface area contributed by atoms with Crippen LogP contribution in [0.5, 0.6) is 0 Å². The molecular weight excluding hydrogens is 288 g/mol. The predicted octanol–water partition coefficient (Wildman–Crippen LogP) is 2.18. The third-order valence-electron chi connectivity index (χ3n) is 4.48. The molecule has 1 unspecified atom stereocenters. The number of hydrogen-bond donors (Lipinski definition) is 0. The summed E-state index contributed by atoms with van der Waals surface area (Å²) in [6.07, 6.45) is 12.9. The third-order valence-corrected chi connectivity index (χ3v) is 4.48. The first-order valence-corrected chi connectivity index (χ1v) is 8.42. The normalized spacial score (nSPS) is 19.0. The first-order chi connectivity index (χ1) is 11.2. The van der Waals surface area contributed by atoms with Gasteiger partial charge in [-0.25, -0.2) is 9.97 Å². The van der Waals surface area contributed by atoms with Crippen LogP contribution in [0.3, 0.4) is 0 Å². The maximum atomic E-state index is 4.43. The summed E-state index contributed by atoms with van der Waals surface area (Å²) in [5.41, 5.74) is 1.20. The van der Waals surface area contributed by atoms with Crippen molar-refractivity contribution in [3.8, 4) is 0 Å². The minimum atomic E-state index is 0.626. The Morgan fingerprint density at radius 1 is 1.22 bits per heavy atom. The highest BCUT2D eigenvalue weighted by atomic mass is 15.3. The zero-order chi connectivity index (χ0) is 16.1. The Labute approximate surface area is 138 Å². The van der Waals surface area contributed by atoms with E-state index in [-0.39, 0.29) is 0 Å². The molecule has 0 bridgehead atoms. The summed E-state index contributed by atoms with van der Waals surface area (Å²) in [6.45, 7) is 3.10. The molecular formula is C17H26N6. The van der Waals surface area contributed by atoms with Gasteiger partial charge in [0.05, 0.1) is 0 Å². The topological polar surface area (TPSA) is 50.1 Å². The second kappa shape index (κ2) is 7.55. The Kier molecular flexibility index (Phi) is 5.23. The molecule has 124 valence electrons. The molecule has 0 saturated carbocycles. The van der Waals surface area contributed by atoms with Gasteiger partial charge in [-0.3, -0.25) is 9.58 Å². The van der Waals surface area contributed by atoms with Crippen LogP contribution in [0.1, 0.15) is 31.2 Å². The van der Waals surface area contributed by atoms with E-state index in [1.54, 1.807) is 0 Å². The first kappa shape index (κ1) is 15.9. The van der Waals surface area contributed by atoms with E-state index in [0.717, 1.165) is 25.5 Å². The highest BCUT2D eigenvalue weighted by Gasteiger charge is 2.22. The summed E-state index contributed by atoms with van der Waals surface area (Å²) in [5, 5.41) is 4.31. The van der Waals surface area contributed by atoms with Gasteiger partial charge in [-0.2, -0.15) is 5.10 Å². The van der Waals surface area contributed by atoms with Gasteiger partial charge in [-0.05, 0) is 31.9 Å². The van der Waals surface area contributed by atoms with Crippen LogP contribution in [0.2, 0.25) is 0 Å². The highest BCUT2D eigenvalue weighted by molar-refractivity contribution is 5.26. The zero-order valence-electron chi connectivity index (χ0n) is 14.1. The lowest BCUT2D eigenvalue weighted by atomic mass is 9.99. The molecule has 0 amide bonds. The van der Waals surface area contributed by atoms with Crippen LogP contribution in [0.4, 0.5) is 5.95 Å². The molecule has 1 aliphatic rings. The Hall–Kier alpha value is -1.95. The summed E-state index contributed by atoms with van der Waals surface area (Å²) in [6, 6.07) is 2.61. The van der Waals surface area contributed by atoms with Gasteiger partial charge in [0.2, 0.25) is 5.95 Å². The van der Waals surface area contributed by atoms with Gasteiger partial charge < -0.3 is 4.90 Å². The zero-order valence-corrected chi connectivity index (χ0v) is 14.1. The van der Waals surface area contributed by atoms with Crippen LogP contribution >= 0.6 is 0 Å². The van der Waals surface area contributed by atoms with E-state index in [4.69, 9.17) is 0 Å². The Bertz CT molecular complexity index is 578. The lowest BCUT2D eigenvalue weighted by Crippen LogP contribution is -2.39. The molecule has 3 rings (SSSR count). The SMILES string of the molecule is CN(C)c1ncc(CN2CCCCC2CCn2cccn2)cn1. The van der Waals surface area contributed by atoms with Crippen LogP contribution < -0.4 is 4.90 Å². The van der Waals surface area contributed by atoms with Gasteiger partial charge >= 0.3 is 0 Å². The van der Waals surface area contributed by atoms with Crippen LogP contribution in [0.25, 0.3) is 0 Å². The van der Waals surface area contributed by atoms with Gasteiger partial charge in [-0.1, -0.05) is 6.42 Å². The van der Waals surface area contributed by atoms with E-state index in [1.165, 1.54) is 31.4 Å². The van der Waals surface area contributed by atoms with Gasteiger partial charge in [-0.15, -0.1) is 0 Å². The number of aromatic nitrogens is 4. The number of likely N-dealkylation sites (tertiary alicyclic amines) is 1. The smallest absolute Gasteiger partial charge is 0.224 e. The van der Waals surface area contributed by atoms with E-state index >= 15 is 0 Å². The number of hydrogen-bond acceptors (Lipinski definition) is 5. The largest absolute Gasteiger partial charge is 0.347 e. The van der Waals surface area contributed by atoms with Crippen molar-refractivity contribution in [2.24, 2.45) is 0 Å². The monoisotopic (exact) mass is 314 g/mol. The maximum absolute atomic E-state index is 4.43. The molecule has 0 N–H and O–H groups in total. The Morgan fingerprint density at radius 2 is 2.04 bits per heavy atom. The number of piperidine rings is 1. The molecule has 1 atom stereocenters. The number of anilines is 1. The Balaban J connectivity index is 1.59. The standard InChI is InChI=1S/C17H26N6/c1-21(2)17-18-12-15(13-19-17)14-22-9-4-3-6-16(22)7-11-23-10-5-8-20-23/h5,8,10,12-13,16H,3-4,6-7,9,11,14H2,1-2H3. The maximum Gasteiger partial charge on any atom is 0.224 e. The molecule has 6 nitrogen and oxygen atoms in total. The number of nitrogens with zero attached hydrogens (tertiary/aromatic N) is 6. The second-order valence-electron chi connectivity index (χ2n) is 6.46. The molecule has 6 heteroatoms. The molecule has 0 aliphatic carbocycles. The van der Waals surface area contributed by atoms with Gasteiger partial charge in [0.15, 0.2) is 0 Å². The highest BCUT2D eigenvalue weighted by Crippen LogP contribution is 2.22. The predicted molar refractivity (Wildman–Crippen MR) is 91.3 cm³/mol. The van der Waals surface area contributed by atoms with E-state index in [0.29, 0.717) is 6.04 Å². The second-order valence-corrected chi connectivity index (χ2v) is 6.46. The molecule has 1 saturated heterocycles. The minimum absolute atomic E-state index is 0.626. The molecule has 0 aromatic carbocycles. The fraction of sp³-hybridized carbons (Fsp3) is 0.588. The van der Waals surface area contributed by atoms with Crippen LogP contribution in [-0.2, 0) is 13.1 Å². The lowest BCUT2D eigenvalue weighted by molar-refractivity contribution is 0.127. The molecule has 3 heterocycles. The summed E-state index contributed by atoms with van der Waals surface area (Å²) in [5.74, 6) is 0.766. The van der Waals surface area contributed by atoms with Crippen molar-refractivity contribution < 1.29 is 0 Å². The summed E-state index contributed by atoms with van der Waals surface area (Å²) in [7, 11) is 3.93. The number of aryl methyl sites for hydroxylation is 1. The van der Waals surface area contributed by atoms with Gasteiger partial charge in [0, 0.05) is 63.6 Å². The van der Waals surface area contributed by atoms with Crippen molar-refractivity contribution in [3.63, 3.8) is 0 Å². The van der Waals surface area contributed by atoms with Crippen molar-refractivity contribution in [1.82, 2.24) is 24.6 Å². The van der Waals surface area contributed by atoms with Crippen LogP contribution in [-0.4, -0.2) is 51.3 Å². The van der Waals surface area contributed by atoms with E-state index < -0.39 is 0 Å². The van der Waals surface area contributed by atoms with Crippen molar-refractivity contribution in [2.45, 2.75) is 44.8 Å². The molecule has 0 radical (unpaired) electrons. The van der Waals surface area contributed by atoms with E-state index in [9.17, 15) is 0 Å². The average Bonchev–Trinajstić information content (AvgIpc) is 3.08. The fourth-order valence-electron chi connectivity index (χ4n) is 3.20. The summed E-state index contributed by atoms with van der Waals surface area (Å²) >= 11 is 0. The summed E-state index contributed by atoms with van der Waals surface area (Å²) in [4.78, 5) is 13.4. The summed E-state index contributed by atoms with van der Waals surface area (Å²) < 4.78 is 2.03. The van der Waals surface area contributed by atoms with Crippen LogP contribution in [0.15, 0.2) is 30.9 Å². The van der Waals surface area contributed by atoms with Gasteiger partial charge in [0.25, 0.3) is 0 Å². The molecule has 23 heavy (non-hydrogen) atoms. The van der Waals surface area contributed by atoms with E-state index in [2.05, 4.69) is 20.0 Å².